The predicted octanol–water partition coefficient (Wildman–Crippen LogP) is 1.06. The molecule has 0 aliphatic rings. The monoisotopic (exact) mass is 299 g/mol. The summed E-state index contributed by atoms with van der Waals surface area (Å²) in [5.41, 5.74) is -0.694. The van der Waals surface area contributed by atoms with Crippen LogP contribution < -0.4 is 4.72 Å². The fourth-order valence-electron chi connectivity index (χ4n) is 1.53. The minimum absolute atomic E-state index is 0.152. The molecule has 0 aliphatic carbocycles. The summed E-state index contributed by atoms with van der Waals surface area (Å²) in [6.07, 6.45) is 2.34. The second-order valence-electron chi connectivity index (χ2n) is 3.95. The third kappa shape index (κ3) is 2.77. The number of rotatable bonds is 4. The predicted molar refractivity (Wildman–Crippen MR) is 67.4 cm³/mol. The summed E-state index contributed by atoms with van der Waals surface area (Å²) in [6.45, 7) is 0. The van der Waals surface area contributed by atoms with Crippen molar-refractivity contribution in [3.63, 3.8) is 0 Å². The number of aromatic carboxylic acids is 1. The minimum atomic E-state index is -4.03. The van der Waals surface area contributed by atoms with Crippen LogP contribution in [-0.2, 0) is 17.1 Å². The van der Waals surface area contributed by atoms with Crippen molar-refractivity contribution in [2.24, 2.45) is 7.05 Å². The van der Waals surface area contributed by atoms with Gasteiger partial charge in [-0.3, -0.25) is 9.40 Å². The van der Waals surface area contributed by atoms with Crippen molar-refractivity contribution in [2.75, 3.05) is 4.72 Å². The van der Waals surface area contributed by atoms with E-state index in [0.29, 0.717) is 0 Å². The molecule has 7 nitrogen and oxygen atoms in total. The first-order valence-electron chi connectivity index (χ1n) is 5.34. The molecule has 20 heavy (non-hydrogen) atoms. The first-order chi connectivity index (χ1) is 9.29. The molecule has 2 aromatic rings. The van der Waals surface area contributed by atoms with E-state index in [1.165, 1.54) is 17.9 Å². The number of nitrogens with one attached hydrogen (secondary N) is 1. The van der Waals surface area contributed by atoms with Crippen molar-refractivity contribution in [1.29, 1.82) is 0 Å². The fourth-order valence-corrected chi connectivity index (χ4v) is 2.58. The normalized spacial score (nSPS) is 11.3. The van der Waals surface area contributed by atoms with Gasteiger partial charge in [-0.05, 0) is 18.2 Å². The van der Waals surface area contributed by atoms with Crippen LogP contribution in [0.5, 0.6) is 0 Å². The molecule has 0 atom stereocenters. The molecule has 106 valence electrons. The zero-order chi connectivity index (χ0) is 14.9. The van der Waals surface area contributed by atoms with Gasteiger partial charge in [0.05, 0.1) is 17.4 Å². The Morgan fingerprint density at radius 1 is 1.45 bits per heavy atom. The maximum atomic E-state index is 13.1. The van der Waals surface area contributed by atoms with E-state index in [4.69, 9.17) is 5.11 Å². The smallest absolute Gasteiger partial charge is 0.337 e. The molecule has 2 N–H and O–H groups in total. The topological polar surface area (TPSA) is 101 Å². The molecule has 1 aromatic heterocycles. The largest absolute Gasteiger partial charge is 0.478 e. The van der Waals surface area contributed by atoms with E-state index < -0.39 is 21.8 Å². The molecule has 0 amide bonds. The lowest BCUT2D eigenvalue weighted by Crippen LogP contribution is -2.15. The van der Waals surface area contributed by atoms with Crippen LogP contribution in [0.25, 0.3) is 0 Å². The molecule has 2 rings (SSSR count). The molecule has 1 aromatic carbocycles. The van der Waals surface area contributed by atoms with E-state index >= 15 is 0 Å². The number of nitrogens with zero attached hydrogens (tertiary/aromatic N) is 2. The zero-order valence-corrected chi connectivity index (χ0v) is 11.1. The molecular weight excluding hydrogens is 289 g/mol. The lowest BCUT2D eigenvalue weighted by Gasteiger charge is -2.09. The van der Waals surface area contributed by atoms with E-state index in [-0.39, 0.29) is 16.1 Å². The van der Waals surface area contributed by atoms with Gasteiger partial charge in [0.1, 0.15) is 10.7 Å². The Labute approximate surface area is 113 Å². The molecule has 0 spiro atoms. The number of halogens is 1. The number of hydrogen-bond acceptors (Lipinski definition) is 4. The highest BCUT2D eigenvalue weighted by Gasteiger charge is 2.20. The lowest BCUT2D eigenvalue weighted by atomic mass is 10.2. The molecular formula is C11H10FN3O4S. The van der Waals surface area contributed by atoms with Crippen molar-refractivity contribution < 1.29 is 22.7 Å². The van der Waals surface area contributed by atoms with Gasteiger partial charge in [0.15, 0.2) is 0 Å². The molecule has 0 saturated heterocycles. The molecule has 9 heteroatoms. The van der Waals surface area contributed by atoms with Crippen LogP contribution in [0.4, 0.5) is 10.1 Å². The van der Waals surface area contributed by atoms with Crippen molar-refractivity contribution in [2.45, 2.75) is 4.90 Å². The van der Waals surface area contributed by atoms with E-state index in [9.17, 15) is 17.6 Å². The van der Waals surface area contributed by atoms with Crippen molar-refractivity contribution in [3.05, 3.63) is 42.0 Å². The van der Waals surface area contributed by atoms with Crippen LogP contribution in [0.2, 0.25) is 0 Å². The second kappa shape index (κ2) is 4.93. The van der Waals surface area contributed by atoms with Gasteiger partial charge in [0, 0.05) is 13.2 Å². The van der Waals surface area contributed by atoms with Crippen LogP contribution in [0.1, 0.15) is 10.4 Å². The van der Waals surface area contributed by atoms with Crippen LogP contribution in [0.3, 0.4) is 0 Å². The molecule has 0 aliphatic heterocycles. The second-order valence-corrected chi connectivity index (χ2v) is 5.63. The Morgan fingerprint density at radius 3 is 2.70 bits per heavy atom. The van der Waals surface area contributed by atoms with Gasteiger partial charge in [-0.1, -0.05) is 0 Å². The number of hydrogen-bond donors (Lipinski definition) is 2. The number of aromatic nitrogens is 2. The maximum absolute atomic E-state index is 13.1. The van der Waals surface area contributed by atoms with Gasteiger partial charge in [0.25, 0.3) is 10.0 Å². The van der Waals surface area contributed by atoms with Gasteiger partial charge in [-0.15, -0.1) is 0 Å². The summed E-state index contributed by atoms with van der Waals surface area (Å²) in [7, 11) is -2.50. The number of carboxylic acid groups (broad SMARTS) is 1. The van der Waals surface area contributed by atoms with E-state index in [0.717, 1.165) is 24.4 Å². The van der Waals surface area contributed by atoms with Gasteiger partial charge >= 0.3 is 5.97 Å². The number of aryl methyl sites for hydroxylation is 1. The number of sulfonamides is 1. The Balaban J connectivity index is 2.44. The summed E-state index contributed by atoms with van der Waals surface area (Å²) >= 11 is 0. The quantitative estimate of drug-likeness (QED) is 0.879. The highest BCUT2D eigenvalue weighted by Crippen LogP contribution is 2.21. The Kier molecular flexibility index (Phi) is 3.45. The zero-order valence-electron chi connectivity index (χ0n) is 10.2. The summed E-state index contributed by atoms with van der Waals surface area (Å²) in [4.78, 5) is 10.8. The standard InChI is InChI=1S/C11H10FN3O4S/c1-15-6-8(5-13-15)20(18,19)14-10-4-7(12)2-3-9(10)11(16)17/h2-6,14H,1H3,(H,16,17). The Hall–Kier alpha value is -2.42. The highest BCUT2D eigenvalue weighted by molar-refractivity contribution is 7.92. The van der Waals surface area contributed by atoms with Gasteiger partial charge in [0.2, 0.25) is 0 Å². The molecule has 0 bridgehead atoms. The highest BCUT2D eigenvalue weighted by atomic mass is 32.2. The third-order valence-electron chi connectivity index (χ3n) is 2.45. The van der Waals surface area contributed by atoms with Crippen LogP contribution in [0.15, 0.2) is 35.5 Å². The van der Waals surface area contributed by atoms with Gasteiger partial charge < -0.3 is 5.11 Å². The number of carbonyl (C=O) groups is 1. The maximum Gasteiger partial charge on any atom is 0.337 e. The summed E-state index contributed by atoms with van der Waals surface area (Å²) in [6, 6.07) is 2.72. The SMILES string of the molecule is Cn1cc(S(=O)(=O)Nc2cc(F)ccc2C(=O)O)cn1. The fraction of sp³-hybridized carbons (Fsp3) is 0.0909. The summed E-state index contributed by atoms with van der Waals surface area (Å²) < 4.78 is 40.5. The first kappa shape index (κ1) is 14.0. The number of anilines is 1. The van der Waals surface area contributed by atoms with Crippen molar-refractivity contribution in [3.8, 4) is 0 Å². The molecule has 0 fully saturated rings. The van der Waals surface area contributed by atoms with Crippen LogP contribution >= 0.6 is 0 Å². The van der Waals surface area contributed by atoms with Gasteiger partial charge in [-0.2, -0.15) is 5.10 Å². The van der Waals surface area contributed by atoms with Gasteiger partial charge in [-0.25, -0.2) is 17.6 Å². The molecule has 1 heterocycles. The summed E-state index contributed by atoms with van der Waals surface area (Å²) in [5, 5.41) is 12.7. The molecule has 0 saturated carbocycles. The Bertz CT molecular complexity index is 770. The number of benzene rings is 1. The van der Waals surface area contributed by atoms with Crippen molar-refractivity contribution in [1.82, 2.24) is 9.78 Å². The van der Waals surface area contributed by atoms with Crippen LogP contribution in [0, 0.1) is 5.82 Å². The average molecular weight is 299 g/mol. The Morgan fingerprint density at radius 2 is 2.15 bits per heavy atom. The number of carboxylic acids is 1. The van der Waals surface area contributed by atoms with E-state index in [1.807, 2.05) is 4.72 Å². The van der Waals surface area contributed by atoms with Crippen LogP contribution in [-0.4, -0.2) is 29.3 Å². The first-order valence-corrected chi connectivity index (χ1v) is 6.82. The van der Waals surface area contributed by atoms with E-state index in [2.05, 4.69) is 5.10 Å². The third-order valence-corrected chi connectivity index (χ3v) is 3.77. The van der Waals surface area contributed by atoms with E-state index in [1.54, 1.807) is 0 Å². The molecule has 0 unspecified atom stereocenters. The molecule has 0 radical (unpaired) electrons. The summed E-state index contributed by atoms with van der Waals surface area (Å²) in [5.74, 6) is -2.12. The van der Waals surface area contributed by atoms with Crippen molar-refractivity contribution >= 4 is 21.7 Å². The average Bonchev–Trinajstić information content (AvgIpc) is 2.75. The lowest BCUT2D eigenvalue weighted by molar-refractivity contribution is 0.0698. The minimum Gasteiger partial charge on any atom is -0.478 e.